The number of hydrogen-bond acceptors (Lipinski definition) is 4. The number of aromatic nitrogens is 2. The van der Waals surface area contributed by atoms with Crippen LogP contribution in [0, 0.1) is 0 Å². The second kappa shape index (κ2) is 6.53. The summed E-state index contributed by atoms with van der Waals surface area (Å²) in [5.74, 6) is 1.72. The Bertz CT molecular complexity index is 1030. The Hall–Kier alpha value is -3.53. The molecule has 0 radical (unpaired) electrons. The quantitative estimate of drug-likeness (QED) is 0.500. The highest BCUT2D eigenvalue weighted by molar-refractivity contribution is 5.85. The summed E-state index contributed by atoms with van der Waals surface area (Å²) in [6.45, 7) is 0. The number of ether oxygens (including phenoxy) is 1. The highest BCUT2D eigenvalue weighted by atomic mass is 16.5. The zero-order valence-electron chi connectivity index (χ0n) is 13.3. The highest BCUT2D eigenvalue weighted by Gasteiger charge is 2.11. The molecule has 0 N–H and O–H groups in total. The van der Waals surface area contributed by atoms with Gasteiger partial charge < -0.3 is 4.74 Å². The molecule has 0 saturated heterocycles. The first-order valence-corrected chi connectivity index (χ1v) is 7.89. The average Bonchev–Trinajstić information content (AvgIpc) is 2.69. The number of aldehydes is 1. The first kappa shape index (κ1) is 15.0. The molecule has 0 amide bonds. The second-order valence-electron chi connectivity index (χ2n) is 5.52. The maximum Gasteiger partial charge on any atom is 0.230 e. The summed E-state index contributed by atoms with van der Waals surface area (Å²) in [5.41, 5.74) is 2.34. The molecule has 4 rings (SSSR count). The van der Waals surface area contributed by atoms with Gasteiger partial charge in [-0.2, -0.15) is 4.98 Å². The summed E-state index contributed by atoms with van der Waals surface area (Å²) in [5, 5.41) is 0.835. The fraction of sp³-hybridized carbons (Fsp3) is 0. The van der Waals surface area contributed by atoms with Gasteiger partial charge in [0.2, 0.25) is 5.88 Å². The van der Waals surface area contributed by atoms with Crippen LogP contribution in [0.25, 0.3) is 22.3 Å². The van der Waals surface area contributed by atoms with Crippen LogP contribution in [-0.2, 0) is 0 Å². The first-order valence-electron chi connectivity index (χ1n) is 7.89. The van der Waals surface area contributed by atoms with Crippen molar-refractivity contribution in [1.82, 2.24) is 9.97 Å². The van der Waals surface area contributed by atoms with Crippen molar-refractivity contribution < 1.29 is 9.53 Å². The standard InChI is InChI=1S/C21H14N2O2/c24-14-15-10-12-17(13-11-15)25-21-18-8-4-5-9-19(18)22-20(23-21)16-6-2-1-3-7-16/h1-14H. The lowest BCUT2D eigenvalue weighted by Gasteiger charge is -2.10. The lowest BCUT2D eigenvalue weighted by molar-refractivity contribution is 0.112. The smallest absolute Gasteiger partial charge is 0.230 e. The number of hydrogen-bond donors (Lipinski definition) is 0. The maximum atomic E-state index is 10.8. The van der Waals surface area contributed by atoms with Gasteiger partial charge in [0.1, 0.15) is 12.0 Å². The van der Waals surface area contributed by atoms with Gasteiger partial charge in [0, 0.05) is 11.1 Å². The van der Waals surface area contributed by atoms with Gasteiger partial charge in [-0.3, -0.25) is 4.79 Å². The molecule has 1 heterocycles. The van der Waals surface area contributed by atoms with Crippen LogP contribution in [0.15, 0.2) is 78.9 Å². The largest absolute Gasteiger partial charge is 0.438 e. The van der Waals surface area contributed by atoms with Crippen LogP contribution in [0.5, 0.6) is 11.6 Å². The topological polar surface area (TPSA) is 52.1 Å². The molecule has 120 valence electrons. The predicted molar refractivity (Wildman–Crippen MR) is 96.9 cm³/mol. The summed E-state index contributed by atoms with van der Waals surface area (Å²) in [4.78, 5) is 20.0. The molecule has 0 aliphatic carbocycles. The van der Waals surface area contributed by atoms with Gasteiger partial charge >= 0.3 is 0 Å². The van der Waals surface area contributed by atoms with Crippen molar-refractivity contribution >= 4 is 17.2 Å². The number of rotatable bonds is 4. The normalized spacial score (nSPS) is 10.6. The molecular formula is C21H14N2O2. The van der Waals surface area contributed by atoms with Crippen molar-refractivity contribution in [3.8, 4) is 23.0 Å². The van der Waals surface area contributed by atoms with Crippen molar-refractivity contribution in [1.29, 1.82) is 0 Å². The summed E-state index contributed by atoms with van der Waals surface area (Å²) >= 11 is 0. The summed E-state index contributed by atoms with van der Waals surface area (Å²) < 4.78 is 5.99. The number of benzene rings is 3. The average molecular weight is 326 g/mol. The van der Waals surface area contributed by atoms with Crippen molar-refractivity contribution in [2.75, 3.05) is 0 Å². The van der Waals surface area contributed by atoms with Crippen LogP contribution in [0.4, 0.5) is 0 Å². The monoisotopic (exact) mass is 326 g/mol. The minimum absolute atomic E-state index is 0.489. The lowest BCUT2D eigenvalue weighted by Crippen LogP contribution is -1.96. The van der Waals surface area contributed by atoms with E-state index in [-0.39, 0.29) is 0 Å². The molecule has 0 unspecified atom stereocenters. The van der Waals surface area contributed by atoms with E-state index in [0.29, 0.717) is 23.0 Å². The van der Waals surface area contributed by atoms with Gasteiger partial charge in [0.05, 0.1) is 10.9 Å². The Balaban J connectivity index is 1.81. The van der Waals surface area contributed by atoms with Gasteiger partial charge in [-0.25, -0.2) is 4.98 Å². The molecule has 0 atom stereocenters. The molecule has 0 fully saturated rings. The zero-order valence-corrected chi connectivity index (χ0v) is 13.3. The first-order chi connectivity index (χ1) is 12.3. The van der Waals surface area contributed by atoms with Gasteiger partial charge in [0.15, 0.2) is 5.82 Å². The van der Waals surface area contributed by atoms with E-state index in [1.807, 2.05) is 54.6 Å². The second-order valence-corrected chi connectivity index (χ2v) is 5.52. The number of carbonyl (C=O) groups is 1. The van der Waals surface area contributed by atoms with E-state index in [0.717, 1.165) is 22.8 Å². The van der Waals surface area contributed by atoms with E-state index < -0.39 is 0 Å². The third kappa shape index (κ3) is 3.10. The van der Waals surface area contributed by atoms with Crippen LogP contribution in [0.3, 0.4) is 0 Å². The van der Waals surface area contributed by atoms with Gasteiger partial charge in [-0.15, -0.1) is 0 Å². The fourth-order valence-electron chi connectivity index (χ4n) is 2.57. The number of fused-ring (bicyclic) bond motifs is 1. The SMILES string of the molecule is O=Cc1ccc(Oc2nc(-c3ccccc3)nc3ccccc23)cc1. The van der Waals surface area contributed by atoms with Crippen LogP contribution < -0.4 is 4.74 Å². The van der Waals surface area contributed by atoms with E-state index in [1.54, 1.807) is 24.3 Å². The minimum Gasteiger partial charge on any atom is -0.438 e. The Morgan fingerprint density at radius 2 is 1.48 bits per heavy atom. The maximum absolute atomic E-state index is 10.8. The van der Waals surface area contributed by atoms with Crippen molar-refractivity contribution in [2.24, 2.45) is 0 Å². The molecular weight excluding hydrogens is 312 g/mol. The Labute approximate surface area is 144 Å². The molecule has 0 spiro atoms. The van der Waals surface area contributed by atoms with E-state index in [1.165, 1.54) is 0 Å². The summed E-state index contributed by atoms with van der Waals surface area (Å²) in [7, 11) is 0. The van der Waals surface area contributed by atoms with Gasteiger partial charge in [-0.05, 0) is 36.4 Å². The summed E-state index contributed by atoms with van der Waals surface area (Å²) in [6, 6.07) is 24.4. The van der Waals surface area contributed by atoms with Gasteiger partial charge in [-0.1, -0.05) is 42.5 Å². The molecule has 1 aromatic heterocycles. The van der Waals surface area contributed by atoms with Crippen molar-refractivity contribution in [3.63, 3.8) is 0 Å². The molecule has 4 heteroatoms. The third-order valence-electron chi connectivity index (χ3n) is 3.83. The lowest BCUT2D eigenvalue weighted by atomic mass is 10.2. The Morgan fingerprint density at radius 1 is 0.760 bits per heavy atom. The van der Waals surface area contributed by atoms with Gasteiger partial charge in [0.25, 0.3) is 0 Å². The Kier molecular flexibility index (Phi) is 3.92. The molecule has 25 heavy (non-hydrogen) atoms. The number of para-hydroxylation sites is 1. The molecule has 0 aliphatic rings. The van der Waals surface area contributed by atoms with E-state index in [2.05, 4.69) is 9.97 Å². The van der Waals surface area contributed by atoms with Crippen molar-refractivity contribution in [2.45, 2.75) is 0 Å². The van der Waals surface area contributed by atoms with Crippen molar-refractivity contribution in [3.05, 3.63) is 84.4 Å². The molecule has 0 bridgehead atoms. The van der Waals surface area contributed by atoms with E-state index >= 15 is 0 Å². The third-order valence-corrected chi connectivity index (χ3v) is 3.83. The predicted octanol–water partition coefficient (Wildman–Crippen LogP) is 4.90. The molecule has 3 aromatic carbocycles. The minimum atomic E-state index is 0.489. The molecule has 4 nitrogen and oxygen atoms in total. The van der Waals surface area contributed by atoms with Crippen LogP contribution >= 0.6 is 0 Å². The Morgan fingerprint density at radius 3 is 2.24 bits per heavy atom. The summed E-state index contributed by atoms with van der Waals surface area (Å²) in [6.07, 6.45) is 0.803. The fourth-order valence-corrected chi connectivity index (χ4v) is 2.57. The van der Waals surface area contributed by atoms with E-state index in [9.17, 15) is 4.79 Å². The molecule has 0 saturated carbocycles. The van der Waals surface area contributed by atoms with E-state index in [4.69, 9.17) is 4.74 Å². The molecule has 4 aromatic rings. The number of nitrogens with zero attached hydrogens (tertiary/aromatic N) is 2. The van der Waals surface area contributed by atoms with Crippen LogP contribution in [0.2, 0.25) is 0 Å². The number of carbonyl (C=O) groups excluding carboxylic acids is 1. The molecule has 0 aliphatic heterocycles. The van der Waals surface area contributed by atoms with Crippen LogP contribution in [0.1, 0.15) is 10.4 Å². The highest BCUT2D eigenvalue weighted by Crippen LogP contribution is 2.30. The zero-order chi connectivity index (χ0) is 17.1. The van der Waals surface area contributed by atoms with Crippen LogP contribution in [-0.4, -0.2) is 16.3 Å².